The number of aromatic amines is 1. The largest absolute Gasteiger partial charge is 0.285 e. The van der Waals surface area contributed by atoms with Gasteiger partial charge in [0.1, 0.15) is 0 Å². The lowest BCUT2D eigenvalue weighted by atomic mass is 10.1. The fourth-order valence-electron chi connectivity index (χ4n) is 1.17. The van der Waals surface area contributed by atoms with Crippen LogP contribution >= 0.6 is 0 Å². The first-order valence-corrected chi connectivity index (χ1v) is 3.78. The third-order valence-corrected chi connectivity index (χ3v) is 1.78. The highest BCUT2D eigenvalue weighted by Gasteiger charge is 2.01. The molecule has 0 saturated heterocycles. The molecule has 0 amide bonds. The highest BCUT2D eigenvalue weighted by atomic mass is 15.1. The summed E-state index contributed by atoms with van der Waals surface area (Å²) in [4.78, 5) is 4.26. The van der Waals surface area contributed by atoms with Crippen LogP contribution in [0.5, 0.6) is 0 Å². The van der Waals surface area contributed by atoms with Gasteiger partial charge in [0.05, 0.1) is 11.9 Å². The minimum atomic E-state index is 0.992. The van der Waals surface area contributed by atoms with Gasteiger partial charge < -0.3 is 0 Å². The maximum Gasteiger partial charge on any atom is 0.0762 e. The molecule has 0 aromatic carbocycles. The van der Waals surface area contributed by atoms with Crippen molar-refractivity contribution in [2.75, 3.05) is 0 Å². The maximum absolute atomic E-state index is 4.26. The van der Waals surface area contributed by atoms with Gasteiger partial charge in [-0.2, -0.15) is 5.10 Å². The van der Waals surface area contributed by atoms with Gasteiger partial charge in [0.15, 0.2) is 0 Å². The normalized spacial score (nSPS) is 10.1. The monoisotopic (exact) mass is 159 g/mol. The number of hydrogen-bond donors (Lipinski definition) is 1. The van der Waals surface area contributed by atoms with Gasteiger partial charge in [-0.3, -0.25) is 10.1 Å². The van der Waals surface area contributed by atoms with Crippen molar-refractivity contribution in [3.05, 3.63) is 36.3 Å². The summed E-state index contributed by atoms with van der Waals surface area (Å²) in [6.45, 7) is 2.04. The zero-order chi connectivity index (χ0) is 8.39. The summed E-state index contributed by atoms with van der Waals surface area (Å²) < 4.78 is 0. The van der Waals surface area contributed by atoms with Gasteiger partial charge in [-0.05, 0) is 18.6 Å². The molecule has 2 aromatic rings. The minimum Gasteiger partial charge on any atom is -0.285 e. The summed E-state index contributed by atoms with van der Waals surface area (Å²) in [5.74, 6) is 0. The van der Waals surface area contributed by atoms with Crippen molar-refractivity contribution in [2.24, 2.45) is 0 Å². The summed E-state index contributed by atoms with van der Waals surface area (Å²) in [5, 5.41) is 6.64. The van der Waals surface area contributed by atoms with E-state index in [1.54, 1.807) is 12.4 Å². The Morgan fingerprint density at radius 1 is 1.42 bits per heavy atom. The molecule has 2 aromatic heterocycles. The highest BCUT2D eigenvalue weighted by Crippen LogP contribution is 2.17. The Hall–Kier alpha value is -1.64. The van der Waals surface area contributed by atoms with Crippen LogP contribution in [-0.4, -0.2) is 15.2 Å². The first kappa shape index (κ1) is 7.03. The number of nitrogens with zero attached hydrogens (tertiary/aromatic N) is 2. The first-order chi connectivity index (χ1) is 5.88. The predicted octanol–water partition coefficient (Wildman–Crippen LogP) is 1.78. The molecule has 12 heavy (non-hydrogen) atoms. The Labute approximate surface area is 70.5 Å². The SMILES string of the molecule is Cc1cccnc1-c1cn[nH]c1. The van der Waals surface area contributed by atoms with Gasteiger partial charge in [0.25, 0.3) is 0 Å². The maximum atomic E-state index is 4.26. The number of nitrogens with one attached hydrogen (secondary N) is 1. The summed E-state index contributed by atoms with van der Waals surface area (Å²) in [6, 6.07) is 3.97. The third-order valence-electron chi connectivity index (χ3n) is 1.78. The summed E-state index contributed by atoms with van der Waals surface area (Å²) >= 11 is 0. The second-order valence-corrected chi connectivity index (χ2v) is 2.66. The van der Waals surface area contributed by atoms with Gasteiger partial charge >= 0.3 is 0 Å². The number of aryl methyl sites for hydroxylation is 1. The Kier molecular flexibility index (Phi) is 1.63. The molecule has 0 saturated carbocycles. The first-order valence-electron chi connectivity index (χ1n) is 3.78. The molecule has 2 heterocycles. The average Bonchev–Trinajstić information content (AvgIpc) is 2.57. The van der Waals surface area contributed by atoms with E-state index in [9.17, 15) is 0 Å². The van der Waals surface area contributed by atoms with Crippen molar-refractivity contribution in [1.82, 2.24) is 15.2 Å². The van der Waals surface area contributed by atoms with E-state index in [2.05, 4.69) is 15.2 Å². The zero-order valence-corrected chi connectivity index (χ0v) is 6.78. The summed E-state index contributed by atoms with van der Waals surface area (Å²) in [5.41, 5.74) is 3.19. The van der Waals surface area contributed by atoms with Crippen molar-refractivity contribution in [1.29, 1.82) is 0 Å². The van der Waals surface area contributed by atoms with Crippen LogP contribution in [0.1, 0.15) is 5.56 Å². The Balaban J connectivity index is 2.55. The quantitative estimate of drug-likeness (QED) is 0.689. The molecule has 0 aliphatic heterocycles. The molecule has 0 bridgehead atoms. The summed E-state index contributed by atoms with van der Waals surface area (Å²) in [6.07, 6.45) is 5.40. The Morgan fingerprint density at radius 3 is 3.00 bits per heavy atom. The standard InChI is InChI=1S/C9H9N3/c1-7-3-2-4-10-9(7)8-5-11-12-6-8/h2-6H,1H3,(H,11,12). The van der Waals surface area contributed by atoms with E-state index < -0.39 is 0 Å². The molecule has 0 aliphatic rings. The highest BCUT2D eigenvalue weighted by molar-refractivity contribution is 5.60. The lowest BCUT2D eigenvalue weighted by molar-refractivity contribution is 1.09. The molecule has 3 nitrogen and oxygen atoms in total. The van der Waals surface area contributed by atoms with Crippen LogP contribution in [0.3, 0.4) is 0 Å². The topological polar surface area (TPSA) is 41.6 Å². The Morgan fingerprint density at radius 2 is 2.33 bits per heavy atom. The molecule has 1 N–H and O–H groups in total. The fourth-order valence-corrected chi connectivity index (χ4v) is 1.17. The number of H-pyrrole nitrogens is 1. The smallest absolute Gasteiger partial charge is 0.0762 e. The average molecular weight is 159 g/mol. The van der Waals surface area contributed by atoms with Crippen molar-refractivity contribution < 1.29 is 0 Å². The fraction of sp³-hybridized carbons (Fsp3) is 0.111. The molecular formula is C9H9N3. The van der Waals surface area contributed by atoms with Gasteiger partial charge in [0, 0.05) is 18.0 Å². The van der Waals surface area contributed by atoms with Crippen LogP contribution in [0, 0.1) is 6.92 Å². The molecule has 0 spiro atoms. The van der Waals surface area contributed by atoms with E-state index in [0.29, 0.717) is 0 Å². The molecular weight excluding hydrogens is 150 g/mol. The van der Waals surface area contributed by atoms with Gasteiger partial charge in [-0.15, -0.1) is 0 Å². The number of hydrogen-bond acceptors (Lipinski definition) is 2. The van der Waals surface area contributed by atoms with Crippen LogP contribution in [0.2, 0.25) is 0 Å². The zero-order valence-electron chi connectivity index (χ0n) is 6.78. The van der Waals surface area contributed by atoms with Crippen LogP contribution in [-0.2, 0) is 0 Å². The third kappa shape index (κ3) is 1.09. The van der Waals surface area contributed by atoms with Gasteiger partial charge in [-0.1, -0.05) is 6.07 Å². The molecule has 0 aliphatic carbocycles. The van der Waals surface area contributed by atoms with Crippen molar-refractivity contribution in [2.45, 2.75) is 6.92 Å². The number of rotatable bonds is 1. The molecule has 3 heteroatoms. The molecule has 0 atom stereocenters. The molecule has 2 rings (SSSR count). The van der Waals surface area contributed by atoms with E-state index in [4.69, 9.17) is 0 Å². The van der Waals surface area contributed by atoms with E-state index in [-0.39, 0.29) is 0 Å². The molecule has 0 radical (unpaired) electrons. The second kappa shape index (κ2) is 2.77. The van der Waals surface area contributed by atoms with Crippen molar-refractivity contribution in [3.8, 4) is 11.3 Å². The van der Waals surface area contributed by atoms with E-state index >= 15 is 0 Å². The van der Waals surface area contributed by atoms with E-state index in [1.165, 1.54) is 5.56 Å². The van der Waals surface area contributed by atoms with Crippen molar-refractivity contribution >= 4 is 0 Å². The lowest BCUT2D eigenvalue weighted by Crippen LogP contribution is -1.84. The second-order valence-electron chi connectivity index (χ2n) is 2.66. The summed E-state index contributed by atoms with van der Waals surface area (Å²) in [7, 11) is 0. The van der Waals surface area contributed by atoms with Crippen molar-refractivity contribution in [3.63, 3.8) is 0 Å². The van der Waals surface area contributed by atoms with Gasteiger partial charge in [-0.25, -0.2) is 0 Å². The Bertz CT molecular complexity index is 365. The minimum absolute atomic E-state index is 0.992. The number of aromatic nitrogens is 3. The molecule has 0 fully saturated rings. The van der Waals surface area contributed by atoms with Crippen LogP contribution in [0.25, 0.3) is 11.3 Å². The van der Waals surface area contributed by atoms with E-state index in [0.717, 1.165) is 11.3 Å². The van der Waals surface area contributed by atoms with Crippen LogP contribution < -0.4 is 0 Å². The van der Waals surface area contributed by atoms with Crippen LogP contribution in [0.4, 0.5) is 0 Å². The lowest BCUT2D eigenvalue weighted by Gasteiger charge is -1.98. The predicted molar refractivity (Wildman–Crippen MR) is 46.6 cm³/mol. The van der Waals surface area contributed by atoms with Gasteiger partial charge in [0.2, 0.25) is 0 Å². The molecule has 0 unspecified atom stereocenters. The van der Waals surface area contributed by atoms with E-state index in [1.807, 2.05) is 25.3 Å². The van der Waals surface area contributed by atoms with Crippen LogP contribution in [0.15, 0.2) is 30.7 Å². The number of pyridine rings is 1. The molecule has 60 valence electrons.